The van der Waals surface area contributed by atoms with Crippen molar-refractivity contribution < 1.29 is 13.2 Å². The summed E-state index contributed by atoms with van der Waals surface area (Å²) in [7, 11) is 1.21. The summed E-state index contributed by atoms with van der Waals surface area (Å²) in [6.45, 7) is 0.248. The lowest BCUT2D eigenvalue weighted by Crippen LogP contribution is -2.01. The summed E-state index contributed by atoms with van der Waals surface area (Å²) in [6, 6.07) is 13.6. The molecule has 2 aromatic rings. The molecule has 1 heterocycles. The van der Waals surface area contributed by atoms with Crippen molar-refractivity contribution in [3.8, 4) is 11.8 Å². The standard InChI is InChI=1S/C13H9ClN2O3S/c14-20(17,18)13-7-12(6-11(8-15)16-13)19-9-10-4-2-1-3-5-10/h1-7H,9H2. The summed E-state index contributed by atoms with van der Waals surface area (Å²) in [4.78, 5) is 3.62. The second-order valence-corrected chi connectivity index (χ2v) is 6.36. The van der Waals surface area contributed by atoms with Crippen molar-refractivity contribution >= 4 is 19.7 Å². The highest BCUT2D eigenvalue weighted by atomic mass is 35.7. The highest BCUT2D eigenvalue weighted by Gasteiger charge is 2.15. The summed E-state index contributed by atoms with van der Waals surface area (Å²) in [5.74, 6) is 0.222. The zero-order valence-electron chi connectivity index (χ0n) is 10.2. The Morgan fingerprint density at radius 2 is 1.95 bits per heavy atom. The molecule has 0 unspecified atom stereocenters. The molecule has 0 saturated heterocycles. The van der Waals surface area contributed by atoms with E-state index in [9.17, 15) is 8.42 Å². The lowest BCUT2D eigenvalue weighted by molar-refractivity contribution is 0.304. The van der Waals surface area contributed by atoms with Crippen molar-refractivity contribution in [3.05, 3.63) is 53.7 Å². The molecule has 0 aliphatic heterocycles. The van der Waals surface area contributed by atoms with Crippen molar-refractivity contribution in [1.29, 1.82) is 5.26 Å². The van der Waals surface area contributed by atoms with Gasteiger partial charge in [-0.15, -0.1) is 0 Å². The highest BCUT2D eigenvalue weighted by Crippen LogP contribution is 2.21. The molecule has 20 heavy (non-hydrogen) atoms. The average molecular weight is 309 g/mol. The molecule has 102 valence electrons. The zero-order valence-corrected chi connectivity index (χ0v) is 11.7. The summed E-state index contributed by atoms with van der Waals surface area (Å²) in [6.07, 6.45) is 0. The van der Waals surface area contributed by atoms with Crippen molar-refractivity contribution in [1.82, 2.24) is 4.98 Å². The van der Waals surface area contributed by atoms with Gasteiger partial charge in [0.2, 0.25) is 0 Å². The number of aromatic nitrogens is 1. The van der Waals surface area contributed by atoms with Crippen LogP contribution in [0.25, 0.3) is 0 Å². The van der Waals surface area contributed by atoms with Gasteiger partial charge in [-0.1, -0.05) is 30.3 Å². The van der Waals surface area contributed by atoms with Crippen LogP contribution >= 0.6 is 10.7 Å². The van der Waals surface area contributed by atoms with Crippen LogP contribution in [-0.2, 0) is 15.7 Å². The first-order valence-corrected chi connectivity index (χ1v) is 7.83. The minimum absolute atomic E-state index is 0.0743. The van der Waals surface area contributed by atoms with Crippen LogP contribution in [0.4, 0.5) is 0 Å². The molecule has 5 nitrogen and oxygen atoms in total. The third-order valence-corrected chi connectivity index (χ3v) is 3.57. The highest BCUT2D eigenvalue weighted by molar-refractivity contribution is 8.13. The smallest absolute Gasteiger partial charge is 0.278 e. The third kappa shape index (κ3) is 3.70. The molecule has 7 heteroatoms. The fourth-order valence-electron chi connectivity index (χ4n) is 1.49. The summed E-state index contributed by atoms with van der Waals surface area (Å²) < 4.78 is 28.0. The van der Waals surface area contributed by atoms with Crippen LogP contribution in [-0.4, -0.2) is 13.4 Å². The van der Waals surface area contributed by atoms with Crippen LogP contribution in [0.3, 0.4) is 0 Å². The van der Waals surface area contributed by atoms with Gasteiger partial charge < -0.3 is 4.74 Å². The monoisotopic (exact) mass is 308 g/mol. The number of hydrogen-bond acceptors (Lipinski definition) is 5. The van der Waals surface area contributed by atoms with E-state index in [-0.39, 0.29) is 18.1 Å². The van der Waals surface area contributed by atoms with E-state index in [1.54, 1.807) is 6.07 Å². The molecule has 0 bridgehead atoms. The summed E-state index contributed by atoms with van der Waals surface area (Å²) in [5.41, 5.74) is 0.841. The maximum absolute atomic E-state index is 11.3. The van der Waals surface area contributed by atoms with Crippen molar-refractivity contribution in [2.75, 3.05) is 0 Å². The maximum Gasteiger partial charge on any atom is 0.278 e. The van der Waals surface area contributed by atoms with Gasteiger partial charge in [-0.3, -0.25) is 0 Å². The van der Waals surface area contributed by atoms with E-state index in [1.807, 2.05) is 30.3 Å². The summed E-state index contributed by atoms with van der Waals surface area (Å²) >= 11 is 0. The van der Waals surface area contributed by atoms with E-state index in [2.05, 4.69) is 4.98 Å². The van der Waals surface area contributed by atoms with Gasteiger partial charge in [-0.25, -0.2) is 13.4 Å². The van der Waals surface area contributed by atoms with Gasteiger partial charge in [0.15, 0.2) is 5.03 Å². The molecule has 0 aliphatic carbocycles. The Morgan fingerprint density at radius 1 is 1.25 bits per heavy atom. The van der Waals surface area contributed by atoms with Gasteiger partial charge in [0.25, 0.3) is 9.05 Å². The van der Waals surface area contributed by atoms with E-state index in [0.29, 0.717) is 0 Å². The van der Waals surface area contributed by atoms with Crippen molar-refractivity contribution in [3.63, 3.8) is 0 Å². The number of nitriles is 1. The Morgan fingerprint density at radius 3 is 2.55 bits per heavy atom. The molecule has 0 fully saturated rings. The maximum atomic E-state index is 11.3. The minimum atomic E-state index is -4.01. The predicted octanol–water partition coefficient (Wildman–Crippen LogP) is 2.46. The largest absolute Gasteiger partial charge is 0.489 e. The van der Waals surface area contributed by atoms with Crippen molar-refractivity contribution in [2.24, 2.45) is 0 Å². The zero-order chi connectivity index (χ0) is 14.6. The van der Waals surface area contributed by atoms with Crippen molar-refractivity contribution in [2.45, 2.75) is 11.6 Å². The van der Waals surface area contributed by atoms with Crippen LogP contribution in [0.5, 0.6) is 5.75 Å². The Bertz CT molecular complexity index is 755. The Hall–Kier alpha value is -2.10. The molecular formula is C13H9ClN2O3S. The second-order valence-electron chi connectivity index (χ2n) is 3.85. The predicted molar refractivity (Wildman–Crippen MR) is 72.8 cm³/mol. The Balaban J connectivity index is 2.26. The minimum Gasteiger partial charge on any atom is -0.489 e. The number of benzene rings is 1. The lowest BCUT2D eigenvalue weighted by atomic mass is 10.2. The fraction of sp³-hybridized carbons (Fsp3) is 0.0769. The number of halogens is 1. The Kier molecular flexibility index (Phi) is 4.23. The van der Waals surface area contributed by atoms with E-state index in [0.717, 1.165) is 5.56 Å². The van der Waals surface area contributed by atoms with Gasteiger partial charge in [0.05, 0.1) is 0 Å². The lowest BCUT2D eigenvalue weighted by Gasteiger charge is -2.07. The second kappa shape index (κ2) is 5.90. The molecule has 0 saturated carbocycles. The van der Waals surface area contributed by atoms with E-state index in [1.165, 1.54) is 12.1 Å². The molecule has 0 radical (unpaired) electrons. The van der Waals surface area contributed by atoms with E-state index >= 15 is 0 Å². The average Bonchev–Trinajstić information content (AvgIpc) is 2.45. The van der Waals surface area contributed by atoms with Gasteiger partial charge in [0.1, 0.15) is 24.1 Å². The first-order chi connectivity index (χ1) is 9.49. The quantitative estimate of drug-likeness (QED) is 0.810. The SMILES string of the molecule is N#Cc1cc(OCc2ccccc2)cc(S(=O)(=O)Cl)n1. The third-order valence-electron chi connectivity index (χ3n) is 2.39. The molecule has 0 N–H and O–H groups in total. The van der Waals surface area contributed by atoms with E-state index < -0.39 is 14.1 Å². The molecule has 0 spiro atoms. The Labute approximate surface area is 120 Å². The molecule has 0 amide bonds. The molecule has 0 aliphatic rings. The van der Waals surface area contributed by atoms with Gasteiger partial charge in [-0.05, 0) is 5.56 Å². The normalized spacial score (nSPS) is 10.8. The fourth-order valence-corrected chi connectivity index (χ4v) is 2.19. The molecule has 0 atom stereocenters. The summed E-state index contributed by atoms with van der Waals surface area (Å²) in [5, 5.41) is 8.43. The first-order valence-electron chi connectivity index (χ1n) is 5.52. The van der Waals surface area contributed by atoms with E-state index in [4.69, 9.17) is 20.7 Å². The van der Waals surface area contributed by atoms with Crippen LogP contribution in [0.1, 0.15) is 11.3 Å². The van der Waals surface area contributed by atoms with Crippen LogP contribution in [0.15, 0.2) is 47.5 Å². The molecule has 2 rings (SSSR count). The molecule has 1 aromatic carbocycles. The van der Waals surface area contributed by atoms with Crippen LogP contribution in [0.2, 0.25) is 0 Å². The van der Waals surface area contributed by atoms with Gasteiger partial charge in [0, 0.05) is 22.8 Å². The van der Waals surface area contributed by atoms with Crippen LogP contribution < -0.4 is 4.74 Å². The van der Waals surface area contributed by atoms with Crippen LogP contribution in [0, 0.1) is 11.3 Å². The van der Waals surface area contributed by atoms with Gasteiger partial charge in [-0.2, -0.15) is 5.26 Å². The first kappa shape index (κ1) is 14.3. The number of rotatable bonds is 4. The number of ether oxygens (including phenoxy) is 1. The molecule has 1 aromatic heterocycles. The molecular weight excluding hydrogens is 300 g/mol. The van der Waals surface area contributed by atoms with Gasteiger partial charge >= 0.3 is 0 Å². The topological polar surface area (TPSA) is 80.0 Å². The number of nitrogens with zero attached hydrogens (tertiary/aromatic N) is 2. The number of hydrogen-bond donors (Lipinski definition) is 0. The number of pyridine rings is 1.